The van der Waals surface area contributed by atoms with Crippen LogP contribution >= 0.6 is 0 Å². The molecule has 0 spiro atoms. The summed E-state index contributed by atoms with van der Waals surface area (Å²) in [5.41, 5.74) is 0.443. The fraction of sp³-hybridized carbons (Fsp3) is 0.0870. The van der Waals surface area contributed by atoms with Crippen LogP contribution in [0, 0.1) is 0 Å². The van der Waals surface area contributed by atoms with Crippen molar-refractivity contribution in [2.75, 3.05) is 5.32 Å². The summed E-state index contributed by atoms with van der Waals surface area (Å²) >= 11 is 0. The first kappa shape index (κ1) is 22.2. The van der Waals surface area contributed by atoms with Gasteiger partial charge in [0, 0.05) is 18.1 Å². The van der Waals surface area contributed by atoms with Gasteiger partial charge in [-0.25, -0.2) is 14.4 Å². The minimum Gasteiger partial charge on any atom is -0.478 e. The molecule has 0 aliphatic rings. The summed E-state index contributed by atoms with van der Waals surface area (Å²) in [6.07, 6.45) is -1.26. The van der Waals surface area contributed by atoms with E-state index in [2.05, 4.69) is 10.3 Å². The van der Waals surface area contributed by atoms with E-state index in [4.69, 9.17) is 9.47 Å². The number of hydrogen-bond acceptors (Lipinski definition) is 7. The second-order valence-corrected chi connectivity index (χ2v) is 6.45. The second-order valence-electron chi connectivity index (χ2n) is 6.45. The van der Waals surface area contributed by atoms with Crippen LogP contribution in [0.25, 0.3) is 0 Å². The molecule has 3 rings (SSSR count). The van der Waals surface area contributed by atoms with E-state index < -0.39 is 36.0 Å². The number of hydrogen-bond donors (Lipinski definition) is 2. The SMILES string of the molecule is O=C(O[C@H](C(=O)Nc1ccncc1)[C@@H](OC(=O)c1ccccc1)C(=O)O)c1ccccc1. The van der Waals surface area contributed by atoms with E-state index in [0.29, 0.717) is 0 Å². The Morgan fingerprint density at radius 1 is 0.719 bits per heavy atom. The number of pyridine rings is 1. The van der Waals surface area contributed by atoms with Crippen LogP contribution in [0.3, 0.4) is 0 Å². The molecule has 9 nitrogen and oxygen atoms in total. The highest BCUT2D eigenvalue weighted by atomic mass is 16.6. The number of rotatable bonds is 8. The number of carboxylic acid groups (broad SMARTS) is 1. The van der Waals surface area contributed by atoms with Crippen LogP contribution in [0.4, 0.5) is 5.69 Å². The number of ether oxygens (including phenoxy) is 2. The number of aromatic nitrogens is 1. The normalized spacial score (nSPS) is 12.1. The van der Waals surface area contributed by atoms with Crippen LogP contribution in [0.15, 0.2) is 85.2 Å². The Labute approximate surface area is 182 Å². The number of nitrogens with zero attached hydrogens (tertiary/aromatic N) is 1. The maximum absolute atomic E-state index is 12.9. The fourth-order valence-corrected chi connectivity index (χ4v) is 2.66. The van der Waals surface area contributed by atoms with Gasteiger partial charge in [0.05, 0.1) is 11.1 Å². The Kier molecular flexibility index (Phi) is 7.26. The average molecular weight is 434 g/mol. The number of benzene rings is 2. The maximum Gasteiger partial charge on any atom is 0.349 e. The van der Waals surface area contributed by atoms with Gasteiger partial charge in [0.1, 0.15) is 0 Å². The highest BCUT2D eigenvalue weighted by Crippen LogP contribution is 2.15. The number of carbonyl (C=O) groups excluding carboxylic acids is 3. The van der Waals surface area contributed by atoms with Crippen LogP contribution < -0.4 is 5.32 Å². The molecular weight excluding hydrogens is 416 g/mol. The summed E-state index contributed by atoms with van der Waals surface area (Å²) in [6, 6.07) is 18.2. The number of anilines is 1. The first-order valence-electron chi connectivity index (χ1n) is 9.41. The minimum atomic E-state index is -2.10. The van der Waals surface area contributed by atoms with Gasteiger partial charge in [0.15, 0.2) is 0 Å². The first-order valence-corrected chi connectivity index (χ1v) is 9.41. The molecule has 162 valence electrons. The van der Waals surface area contributed by atoms with Crippen molar-refractivity contribution in [2.24, 2.45) is 0 Å². The van der Waals surface area contributed by atoms with Gasteiger partial charge < -0.3 is 19.9 Å². The van der Waals surface area contributed by atoms with E-state index in [1.165, 1.54) is 48.8 Å². The third-order valence-corrected chi connectivity index (χ3v) is 4.21. The van der Waals surface area contributed by atoms with E-state index in [-0.39, 0.29) is 16.8 Å². The van der Waals surface area contributed by atoms with E-state index in [1.54, 1.807) is 36.4 Å². The Morgan fingerprint density at radius 3 is 1.66 bits per heavy atom. The van der Waals surface area contributed by atoms with Crippen LogP contribution in [-0.4, -0.2) is 46.1 Å². The molecule has 2 aromatic carbocycles. The third-order valence-electron chi connectivity index (χ3n) is 4.21. The zero-order valence-corrected chi connectivity index (χ0v) is 16.6. The van der Waals surface area contributed by atoms with Crippen molar-refractivity contribution in [3.8, 4) is 0 Å². The lowest BCUT2D eigenvalue weighted by Gasteiger charge is -2.23. The molecule has 3 aromatic rings. The molecule has 9 heteroatoms. The highest BCUT2D eigenvalue weighted by Gasteiger charge is 2.41. The van der Waals surface area contributed by atoms with Gasteiger partial charge in [-0.2, -0.15) is 0 Å². The Morgan fingerprint density at radius 2 is 1.19 bits per heavy atom. The lowest BCUT2D eigenvalue weighted by atomic mass is 10.1. The van der Waals surface area contributed by atoms with Gasteiger partial charge >= 0.3 is 17.9 Å². The van der Waals surface area contributed by atoms with Crippen molar-refractivity contribution >= 4 is 29.5 Å². The summed E-state index contributed by atoms with van der Waals surface area (Å²) in [4.78, 5) is 53.6. The van der Waals surface area contributed by atoms with E-state index in [1.807, 2.05) is 0 Å². The number of amides is 1. The molecule has 0 radical (unpaired) electrons. The van der Waals surface area contributed by atoms with Gasteiger partial charge in [0.25, 0.3) is 5.91 Å². The van der Waals surface area contributed by atoms with Gasteiger partial charge in [0.2, 0.25) is 12.2 Å². The number of nitrogens with one attached hydrogen (secondary N) is 1. The van der Waals surface area contributed by atoms with Crippen LogP contribution in [0.5, 0.6) is 0 Å². The topological polar surface area (TPSA) is 132 Å². The number of carboxylic acids is 1. The van der Waals surface area contributed by atoms with Crippen molar-refractivity contribution in [1.82, 2.24) is 4.98 Å². The largest absolute Gasteiger partial charge is 0.478 e. The van der Waals surface area contributed by atoms with Gasteiger partial charge in [-0.05, 0) is 36.4 Å². The second kappa shape index (κ2) is 10.5. The molecule has 0 fully saturated rings. The standard InChI is InChI=1S/C23H18N2O7/c26-20(25-17-11-13-24-14-12-17)18(31-22(29)15-7-3-1-4-8-15)19(21(27)28)32-23(30)16-9-5-2-6-10-16/h1-14,18-19H,(H,27,28)(H,24,25,26)/t18-,19+/m0/s1. The fourth-order valence-electron chi connectivity index (χ4n) is 2.66. The molecule has 1 amide bonds. The van der Waals surface area contributed by atoms with E-state index in [0.717, 1.165) is 0 Å². The summed E-state index contributed by atoms with van der Waals surface area (Å²) in [6.45, 7) is 0. The van der Waals surface area contributed by atoms with Crippen molar-refractivity contribution in [3.63, 3.8) is 0 Å². The molecule has 0 aliphatic carbocycles. The smallest absolute Gasteiger partial charge is 0.349 e. The monoisotopic (exact) mass is 434 g/mol. The Balaban J connectivity index is 1.88. The maximum atomic E-state index is 12.9. The quantitative estimate of drug-likeness (QED) is 0.517. The molecule has 2 N–H and O–H groups in total. The zero-order valence-electron chi connectivity index (χ0n) is 16.6. The molecule has 32 heavy (non-hydrogen) atoms. The molecular formula is C23H18N2O7. The lowest BCUT2D eigenvalue weighted by Crippen LogP contribution is -2.48. The summed E-state index contributed by atoms with van der Waals surface area (Å²) in [5.74, 6) is -4.60. The van der Waals surface area contributed by atoms with Crippen molar-refractivity contribution in [3.05, 3.63) is 96.3 Å². The number of aliphatic carboxylic acids is 1. The van der Waals surface area contributed by atoms with Gasteiger partial charge in [-0.1, -0.05) is 36.4 Å². The van der Waals surface area contributed by atoms with Crippen molar-refractivity contribution in [2.45, 2.75) is 12.2 Å². The number of carbonyl (C=O) groups is 4. The first-order chi connectivity index (χ1) is 15.5. The van der Waals surface area contributed by atoms with E-state index >= 15 is 0 Å². The predicted octanol–water partition coefficient (Wildman–Crippen LogP) is 2.56. The zero-order chi connectivity index (χ0) is 22.9. The molecule has 0 unspecified atom stereocenters. The molecule has 1 heterocycles. The van der Waals surface area contributed by atoms with E-state index in [9.17, 15) is 24.3 Å². The molecule has 0 saturated heterocycles. The van der Waals surface area contributed by atoms with Crippen molar-refractivity contribution in [1.29, 1.82) is 0 Å². The molecule has 1 aromatic heterocycles. The summed E-state index contributed by atoms with van der Waals surface area (Å²) in [7, 11) is 0. The van der Waals surface area contributed by atoms with Crippen molar-refractivity contribution < 1.29 is 33.8 Å². The molecule has 2 atom stereocenters. The van der Waals surface area contributed by atoms with Gasteiger partial charge in [-0.3, -0.25) is 9.78 Å². The average Bonchev–Trinajstić information content (AvgIpc) is 2.82. The van der Waals surface area contributed by atoms with Crippen LogP contribution in [0.2, 0.25) is 0 Å². The Hall–Kier alpha value is -4.53. The summed E-state index contributed by atoms with van der Waals surface area (Å²) in [5, 5.41) is 12.1. The van der Waals surface area contributed by atoms with Gasteiger partial charge in [-0.15, -0.1) is 0 Å². The predicted molar refractivity (Wildman–Crippen MR) is 112 cm³/mol. The van der Waals surface area contributed by atoms with Crippen LogP contribution in [0.1, 0.15) is 20.7 Å². The molecule has 0 bridgehead atoms. The molecule has 0 aliphatic heterocycles. The third kappa shape index (κ3) is 5.76. The minimum absolute atomic E-state index is 0.0708. The highest BCUT2D eigenvalue weighted by molar-refractivity contribution is 6.01. The summed E-state index contributed by atoms with van der Waals surface area (Å²) < 4.78 is 10.3. The molecule has 0 saturated carbocycles. The van der Waals surface area contributed by atoms with Crippen LogP contribution in [-0.2, 0) is 19.1 Å². The lowest BCUT2D eigenvalue weighted by molar-refractivity contribution is -0.157. The Bertz CT molecular complexity index is 1090. The number of esters is 2.